The van der Waals surface area contributed by atoms with Crippen LogP contribution in [0.4, 0.5) is 0 Å². The molecule has 1 N–H and O–H groups in total. The number of ether oxygens (including phenoxy) is 1. The minimum atomic E-state index is -0.0154. The van der Waals surface area contributed by atoms with Crippen LogP contribution in [0.15, 0.2) is 4.52 Å². The average Bonchev–Trinajstić information content (AvgIpc) is 2.70. The first-order chi connectivity index (χ1) is 9.09. The maximum absolute atomic E-state index is 12.1. The van der Waals surface area contributed by atoms with E-state index >= 15 is 0 Å². The first-order valence-corrected chi connectivity index (χ1v) is 6.90. The second-order valence-electron chi connectivity index (χ2n) is 5.17. The molecule has 5 nitrogen and oxygen atoms in total. The number of rotatable bonds is 4. The molecule has 1 aromatic heterocycles. The quantitative estimate of drug-likeness (QED) is 0.902. The Morgan fingerprint density at radius 2 is 2.26 bits per heavy atom. The lowest BCUT2D eigenvalue weighted by atomic mass is 9.94. The Balaban J connectivity index is 1.81. The van der Waals surface area contributed by atoms with Crippen LogP contribution >= 0.6 is 0 Å². The third-order valence-corrected chi connectivity index (χ3v) is 3.80. The molecule has 1 aromatic rings. The number of carbonyl (C=O) groups is 1. The van der Waals surface area contributed by atoms with E-state index in [2.05, 4.69) is 10.5 Å². The third-order valence-electron chi connectivity index (χ3n) is 3.80. The highest BCUT2D eigenvalue weighted by atomic mass is 16.5. The molecule has 0 bridgehead atoms. The zero-order valence-corrected chi connectivity index (χ0v) is 11.9. The van der Waals surface area contributed by atoms with E-state index in [0.717, 1.165) is 42.9 Å². The van der Waals surface area contributed by atoms with Gasteiger partial charge in [0.05, 0.1) is 17.7 Å². The van der Waals surface area contributed by atoms with Gasteiger partial charge in [-0.2, -0.15) is 0 Å². The summed E-state index contributed by atoms with van der Waals surface area (Å²) in [5, 5.41) is 6.90. The van der Waals surface area contributed by atoms with Gasteiger partial charge in [-0.05, 0) is 40.0 Å². The second-order valence-corrected chi connectivity index (χ2v) is 5.17. The lowest BCUT2D eigenvalue weighted by molar-refractivity contribution is -0.133. The summed E-state index contributed by atoms with van der Waals surface area (Å²) >= 11 is 0. The van der Waals surface area contributed by atoms with Gasteiger partial charge >= 0.3 is 0 Å². The standard InChI is InChI=1S/C14H22N2O3/c1-9-12(11(3)19-16-9)6-7-15-14(17)13-5-4-8-18-10(13)2/h10,13H,4-8H2,1-3H3,(H,15,17). The van der Waals surface area contributed by atoms with E-state index in [1.54, 1.807) is 0 Å². The van der Waals surface area contributed by atoms with Gasteiger partial charge in [0.2, 0.25) is 5.91 Å². The van der Waals surface area contributed by atoms with Crippen LogP contribution < -0.4 is 5.32 Å². The SMILES string of the molecule is Cc1noc(C)c1CCNC(=O)C1CCCOC1C. The van der Waals surface area contributed by atoms with Crippen molar-refractivity contribution in [3.05, 3.63) is 17.0 Å². The minimum Gasteiger partial charge on any atom is -0.378 e. The predicted molar refractivity (Wildman–Crippen MR) is 70.8 cm³/mol. The molecular formula is C14H22N2O3. The van der Waals surface area contributed by atoms with Gasteiger partial charge in [0.15, 0.2) is 0 Å². The van der Waals surface area contributed by atoms with E-state index in [-0.39, 0.29) is 17.9 Å². The average molecular weight is 266 g/mol. The van der Waals surface area contributed by atoms with Crippen molar-refractivity contribution >= 4 is 5.91 Å². The number of nitrogens with one attached hydrogen (secondary N) is 1. The molecule has 2 heterocycles. The van der Waals surface area contributed by atoms with Crippen molar-refractivity contribution < 1.29 is 14.1 Å². The molecule has 106 valence electrons. The lowest BCUT2D eigenvalue weighted by Gasteiger charge is -2.28. The molecule has 5 heteroatoms. The van der Waals surface area contributed by atoms with Crippen molar-refractivity contribution in [1.82, 2.24) is 10.5 Å². The summed E-state index contributed by atoms with van der Waals surface area (Å²) in [6.07, 6.45) is 2.66. The van der Waals surface area contributed by atoms with Crippen LogP contribution in [0.3, 0.4) is 0 Å². The number of amides is 1. The summed E-state index contributed by atoms with van der Waals surface area (Å²) in [7, 11) is 0. The Hall–Kier alpha value is -1.36. The second kappa shape index (κ2) is 6.19. The van der Waals surface area contributed by atoms with Crippen molar-refractivity contribution in [2.45, 2.75) is 46.1 Å². The summed E-state index contributed by atoms with van der Waals surface area (Å²) in [4.78, 5) is 12.1. The van der Waals surface area contributed by atoms with Crippen LogP contribution in [-0.4, -0.2) is 30.3 Å². The first kappa shape index (κ1) is 14.1. The number of hydrogen-bond acceptors (Lipinski definition) is 4. The van der Waals surface area contributed by atoms with Crippen LogP contribution in [0.25, 0.3) is 0 Å². The summed E-state index contributed by atoms with van der Waals surface area (Å²) in [5.41, 5.74) is 1.99. The highest BCUT2D eigenvalue weighted by Gasteiger charge is 2.28. The monoisotopic (exact) mass is 266 g/mol. The Bertz CT molecular complexity index is 422. The van der Waals surface area contributed by atoms with Gasteiger partial charge < -0.3 is 14.6 Å². The Labute approximate surface area is 113 Å². The Morgan fingerprint density at radius 1 is 1.47 bits per heavy atom. The molecule has 0 saturated carbocycles. The number of hydrogen-bond donors (Lipinski definition) is 1. The van der Waals surface area contributed by atoms with E-state index in [4.69, 9.17) is 9.26 Å². The topological polar surface area (TPSA) is 64.4 Å². The fourth-order valence-electron chi connectivity index (χ4n) is 2.57. The first-order valence-electron chi connectivity index (χ1n) is 6.90. The molecule has 0 aromatic carbocycles. The molecule has 0 radical (unpaired) electrons. The van der Waals surface area contributed by atoms with Crippen LogP contribution in [0, 0.1) is 19.8 Å². The highest BCUT2D eigenvalue weighted by Crippen LogP contribution is 2.20. The molecule has 1 aliphatic rings. The highest BCUT2D eigenvalue weighted by molar-refractivity contribution is 5.79. The van der Waals surface area contributed by atoms with Gasteiger partial charge in [-0.3, -0.25) is 4.79 Å². The van der Waals surface area contributed by atoms with Crippen LogP contribution in [0.5, 0.6) is 0 Å². The fourth-order valence-corrected chi connectivity index (χ4v) is 2.57. The number of nitrogens with zero attached hydrogens (tertiary/aromatic N) is 1. The van der Waals surface area contributed by atoms with Crippen molar-refractivity contribution in [2.75, 3.05) is 13.2 Å². The predicted octanol–water partition coefficient (Wildman–Crippen LogP) is 1.77. The molecule has 1 saturated heterocycles. The van der Waals surface area contributed by atoms with Crippen molar-refractivity contribution in [3.8, 4) is 0 Å². The zero-order valence-electron chi connectivity index (χ0n) is 11.9. The molecule has 0 aliphatic carbocycles. The fraction of sp³-hybridized carbons (Fsp3) is 0.714. The Morgan fingerprint density at radius 3 is 2.89 bits per heavy atom. The van der Waals surface area contributed by atoms with Crippen LogP contribution in [-0.2, 0) is 16.0 Å². The van der Waals surface area contributed by atoms with E-state index in [1.807, 2.05) is 20.8 Å². The summed E-state index contributed by atoms with van der Waals surface area (Å²) in [5.74, 6) is 0.915. The smallest absolute Gasteiger partial charge is 0.225 e. The minimum absolute atomic E-state index is 0.0154. The molecule has 2 rings (SSSR count). The largest absolute Gasteiger partial charge is 0.378 e. The van der Waals surface area contributed by atoms with E-state index in [0.29, 0.717) is 6.54 Å². The summed E-state index contributed by atoms with van der Waals surface area (Å²) in [6.45, 7) is 7.17. The van der Waals surface area contributed by atoms with Gasteiger partial charge in [0.25, 0.3) is 0 Å². The number of carbonyl (C=O) groups excluding carboxylic acids is 1. The molecular weight excluding hydrogens is 244 g/mol. The van der Waals surface area contributed by atoms with Crippen LogP contribution in [0.2, 0.25) is 0 Å². The summed E-state index contributed by atoms with van der Waals surface area (Å²) in [6, 6.07) is 0. The third kappa shape index (κ3) is 3.35. The molecule has 1 amide bonds. The maximum Gasteiger partial charge on any atom is 0.225 e. The van der Waals surface area contributed by atoms with Gasteiger partial charge in [0.1, 0.15) is 5.76 Å². The molecule has 19 heavy (non-hydrogen) atoms. The van der Waals surface area contributed by atoms with Crippen molar-refractivity contribution in [2.24, 2.45) is 5.92 Å². The van der Waals surface area contributed by atoms with Gasteiger partial charge in [-0.15, -0.1) is 0 Å². The van der Waals surface area contributed by atoms with E-state index in [9.17, 15) is 4.79 Å². The van der Waals surface area contributed by atoms with Crippen LogP contribution in [0.1, 0.15) is 36.8 Å². The number of aryl methyl sites for hydroxylation is 2. The molecule has 1 aliphatic heterocycles. The van der Waals surface area contributed by atoms with Gasteiger partial charge in [-0.1, -0.05) is 5.16 Å². The van der Waals surface area contributed by atoms with E-state index in [1.165, 1.54) is 0 Å². The molecule has 0 spiro atoms. The van der Waals surface area contributed by atoms with Crippen molar-refractivity contribution in [1.29, 1.82) is 0 Å². The molecule has 2 atom stereocenters. The van der Waals surface area contributed by atoms with Crippen molar-refractivity contribution in [3.63, 3.8) is 0 Å². The number of aromatic nitrogens is 1. The normalized spacial score (nSPS) is 23.3. The van der Waals surface area contributed by atoms with Gasteiger partial charge in [0, 0.05) is 18.7 Å². The van der Waals surface area contributed by atoms with Gasteiger partial charge in [-0.25, -0.2) is 0 Å². The molecule has 2 unspecified atom stereocenters. The maximum atomic E-state index is 12.1. The Kier molecular flexibility index (Phi) is 4.58. The van der Waals surface area contributed by atoms with E-state index < -0.39 is 0 Å². The lowest BCUT2D eigenvalue weighted by Crippen LogP contribution is -2.40. The molecule has 1 fully saturated rings. The zero-order chi connectivity index (χ0) is 13.8. The summed E-state index contributed by atoms with van der Waals surface area (Å²) < 4.78 is 10.6.